The molecule has 19 heavy (non-hydrogen) atoms. The Bertz CT molecular complexity index is 552. The van der Waals surface area contributed by atoms with E-state index in [1.165, 1.54) is 5.56 Å². The molecule has 0 radical (unpaired) electrons. The van der Waals surface area contributed by atoms with Gasteiger partial charge in [0.1, 0.15) is 11.5 Å². The summed E-state index contributed by atoms with van der Waals surface area (Å²) in [6.45, 7) is 3.09. The number of methoxy groups -OCH3 is 1. The summed E-state index contributed by atoms with van der Waals surface area (Å²) >= 11 is 0. The largest absolute Gasteiger partial charge is 0.457 e. The van der Waals surface area contributed by atoms with Crippen LogP contribution in [-0.2, 0) is 17.9 Å². The summed E-state index contributed by atoms with van der Waals surface area (Å²) in [7, 11) is 1.68. The smallest absolute Gasteiger partial charge is 0.131 e. The van der Waals surface area contributed by atoms with Crippen LogP contribution in [0.5, 0.6) is 11.5 Å². The molecule has 0 aliphatic carbocycles. The number of hydrogen-bond donors (Lipinski definition) is 1. The average Bonchev–Trinajstić information content (AvgIpc) is 2.41. The lowest BCUT2D eigenvalue weighted by molar-refractivity contribution is 0.184. The Morgan fingerprint density at radius 1 is 1.11 bits per heavy atom. The molecule has 0 unspecified atom stereocenters. The van der Waals surface area contributed by atoms with Gasteiger partial charge in [-0.2, -0.15) is 0 Å². The highest BCUT2D eigenvalue weighted by Crippen LogP contribution is 2.26. The fraction of sp³-hybridized carbons (Fsp3) is 0.250. The number of rotatable bonds is 5. The second-order valence-electron chi connectivity index (χ2n) is 4.50. The van der Waals surface area contributed by atoms with E-state index in [2.05, 4.69) is 0 Å². The predicted octanol–water partition coefficient (Wildman–Crippen LogP) is 3.39. The van der Waals surface area contributed by atoms with Crippen molar-refractivity contribution in [3.63, 3.8) is 0 Å². The molecule has 0 spiro atoms. The van der Waals surface area contributed by atoms with E-state index in [0.717, 1.165) is 22.6 Å². The zero-order chi connectivity index (χ0) is 13.7. The van der Waals surface area contributed by atoms with Crippen LogP contribution in [0.15, 0.2) is 42.5 Å². The van der Waals surface area contributed by atoms with Crippen LogP contribution < -0.4 is 10.5 Å². The summed E-state index contributed by atoms with van der Waals surface area (Å²) in [4.78, 5) is 0. The molecule has 2 aromatic carbocycles. The van der Waals surface area contributed by atoms with Crippen LogP contribution in [-0.4, -0.2) is 7.11 Å². The minimum atomic E-state index is 0.467. The molecule has 2 rings (SSSR count). The zero-order valence-electron chi connectivity index (χ0n) is 11.3. The maximum Gasteiger partial charge on any atom is 0.131 e. The summed E-state index contributed by atoms with van der Waals surface area (Å²) in [6, 6.07) is 13.9. The van der Waals surface area contributed by atoms with Gasteiger partial charge in [0.2, 0.25) is 0 Å². The van der Waals surface area contributed by atoms with Crippen molar-refractivity contribution in [3.8, 4) is 11.5 Å². The quantitative estimate of drug-likeness (QED) is 0.893. The number of aryl methyl sites for hydroxylation is 1. The monoisotopic (exact) mass is 257 g/mol. The molecule has 0 saturated carbocycles. The molecule has 100 valence electrons. The minimum absolute atomic E-state index is 0.467. The molecule has 0 amide bonds. The van der Waals surface area contributed by atoms with Crippen LogP contribution in [0.1, 0.15) is 16.7 Å². The predicted molar refractivity (Wildman–Crippen MR) is 76.3 cm³/mol. The van der Waals surface area contributed by atoms with Crippen LogP contribution in [0.4, 0.5) is 0 Å². The van der Waals surface area contributed by atoms with Gasteiger partial charge in [0.15, 0.2) is 0 Å². The first-order valence-corrected chi connectivity index (χ1v) is 6.28. The summed E-state index contributed by atoms with van der Waals surface area (Å²) in [5.74, 6) is 1.61. The van der Waals surface area contributed by atoms with Gasteiger partial charge in [-0.25, -0.2) is 0 Å². The Morgan fingerprint density at radius 3 is 2.68 bits per heavy atom. The summed E-state index contributed by atoms with van der Waals surface area (Å²) in [5, 5.41) is 0. The van der Waals surface area contributed by atoms with Crippen molar-refractivity contribution in [1.82, 2.24) is 0 Å². The standard InChI is InChI=1S/C16H19NO2/c1-12-6-7-16(14(8-12)10-17)19-15-5-3-4-13(9-15)11-18-2/h3-9H,10-11,17H2,1-2H3. The molecular formula is C16H19NO2. The number of nitrogens with two attached hydrogens (primary N) is 1. The molecule has 3 nitrogen and oxygen atoms in total. The lowest BCUT2D eigenvalue weighted by Crippen LogP contribution is -2.00. The normalized spacial score (nSPS) is 10.5. The van der Waals surface area contributed by atoms with Gasteiger partial charge in [0.05, 0.1) is 6.61 Å². The molecule has 2 N–H and O–H groups in total. The van der Waals surface area contributed by atoms with E-state index in [4.69, 9.17) is 15.2 Å². The lowest BCUT2D eigenvalue weighted by atomic mass is 10.1. The topological polar surface area (TPSA) is 44.5 Å². The van der Waals surface area contributed by atoms with Crippen molar-refractivity contribution in [2.45, 2.75) is 20.1 Å². The average molecular weight is 257 g/mol. The highest BCUT2D eigenvalue weighted by Gasteiger charge is 2.04. The Kier molecular flexibility index (Phi) is 4.55. The van der Waals surface area contributed by atoms with E-state index < -0.39 is 0 Å². The molecular weight excluding hydrogens is 238 g/mol. The molecule has 0 saturated heterocycles. The maximum absolute atomic E-state index is 5.91. The van der Waals surface area contributed by atoms with Crippen molar-refractivity contribution in [2.24, 2.45) is 5.73 Å². The van der Waals surface area contributed by atoms with E-state index in [0.29, 0.717) is 13.2 Å². The second-order valence-corrected chi connectivity index (χ2v) is 4.50. The molecule has 0 atom stereocenters. The zero-order valence-corrected chi connectivity index (χ0v) is 11.3. The van der Waals surface area contributed by atoms with Crippen molar-refractivity contribution in [3.05, 3.63) is 59.2 Å². The minimum Gasteiger partial charge on any atom is -0.457 e. The van der Waals surface area contributed by atoms with Gasteiger partial charge >= 0.3 is 0 Å². The first-order chi connectivity index (χ1) is 9.22. The van der Waals surface area contributed by atoms with Gasteiger partial charge < -0.3 is 15.2 Å². The van der Waals surface area contributed by atoms with Crippen molar-refractivity contribution < 1.29 is 9.47 Å². The molecule has 0 bridgehead atoms. The van der Waals surface area contributed by atoms with Gasteiger partial charge in [-0.1, -0.05) is 29.8 Å². The van der Waals surface area contributed by atoms with E-state index in [9.17, 15) is 0 Å². The third kappa shape index (κ3) is 3.56. The highest BCUT2D eigenvalue weighted by molar-refractivity contribution is 5.41. The summed E-state index contributed by atoms with van der Waals surface area (Å²) in [5.41, 5.74) is 9.03. The van der Waals surface area contributed by atoms with E-state index in [-0.39, 0.29) is 0 Å². The molecule has 3 heteroatoms. The van der Waals surface area contributed by atoms with Gasteiger partial charge in [-0.15, -0.1) is 0 Å². The van der Waals surface area contributed by atoms with Crippen LogP contribution in [0, 0.1) is 6.92 Å². The van der Waals surface area contributed by atoms with Crippen molar-refractivity contribution in [2.75, 3.05) is 7.11 Å². The molecule has 0 aliphatic rings. The third-order valence-electron chi connectivity index (χ3n) is 2.87. The van der Waals surface area contributed by atoms with Crippen LogP contribution in [0.25, 0.3) is 0 Å². The van der Waals surface area contributed by atoms with Gasteiger partial charge in [-0.3, -0.25) is 0 Å². The molecule has 0 aliphatic heterocycles. The van der Waals surface area contributed by atoms with Crippen LogP contribution >= 0.6 is 0 Å². The first kappa shape index (κ1) is 13.6. The highest BCUT2D eigenvalue weighted by atomic mass is 16.5. The Morgan fingerprint density at radius 2 is 1.95 bits per heavy atom. The number of benzene rings is 2. The number of hydrogen-bond acceptors (Lipinski definition) is 3. The van der Waals surface area contributed by atoms with Gasteiger partial charge in [-0.05, 0) is 30.7 Å². The molecule has 0 aromatic heterocycles. The first-order valence-electron chi connectivity index (χ1n) is 6.28. The van der Waals surface area contributed by atoms with Crippen LogP contribution in [0.2, 0.25) is 0 Å². The molecule has 0 heterocycles. The van der Waals surface area contributed by atoms with Crippen LogP contribution in [0.3, 0.4) is 0 Å². The van der Waals surface area contributed by atoms with Crippen molar-refractivity contribution in [1.29, 1.82) is 0 Å². The van der Waals surface area contributed by atoms with E-state index >= 15 is 0 Å². The molecule has 0 fully saturated rings. The number of ether oxygens (including phenoxy) is 2. The van der Waals surface area contributed by atoms with Crippen molar-refractivity contribution >= 4 is 0 Å². The Labute approximate surface area is 114 Å². The summed E-state index contributed by atoms with van der Waals surface area (Å²) in [6.07, 6.45) is 0. The van der Waals surface area contributed by atoms with Gasteiger partial charge in [0, 0.05) is 19.2 Å². The maximum atomic E-state index is 5.91. The lowest BCUT2D eigenvalue weighted by Gasteiger charge is -2.11. The SMILES string of the molecule is COCc1cccc(Oc2ccc(C)cc2CN)c1. The fourth-order valence-electron chi connectivity index (χ4n) is 1.96. The van der Waals surface area contributed by atoms with E-state index in [1.54, 1.807) is 7.11 Å². The van der Waals surface area contributed by atoms with Gasteiger partial charge in [0.25, 0.3) is 0 Å². The Balaban J connectivity index is 2.23. The fourth-order valence-corrected chi connectivity index (χ4v) is 1.96. The summed E-state index contributed by atoms with van der Waals surface area (Å²) < 4.78 is 11.0. The molecule has 2 aromatic rings. The third-order valence-corrected chi connectivity index (χ3v) is 2.87. The second kappa shape index (κ2) is 6.36. The van der Waals surface area contributed by atoms with E-state index in [1.807, 2.05) is 49.4 Å². The Hall–Kier alpha value is -1.84.